The molecule has 0 spiro atoms. The Kier molecular flexibility index (Phi) is 4.24. The van der Waals surface area contributed by atoms with E-state index in [0.717, 1.165) is 44.2 Å². The molecule has 1 aliphatic heterocycles. The number of nitrogens with zero attached hydrogens (tertiary/aromatic N) is 1. The van der Waals surface area contributed by atoms with E-state index in [1.165, 1.54) is 5.56 Å². The van der Waals surface area contributed by atoms with Crippen LogP contribution < -0.4 is 15.4 Å². The summed E-state index contributed by atoms with van der Waals surface area (Å²) < 4.78 is 5.19. The van der Waals surface area contributed by atoms with Gasteiger partial charge >= 0.3 is 0 Å². The van der Waals surface area contributed by atoms with Crippen molar-refractivity contribution in [2.24, 2.45) is 4.99 Å². The molecule has 2 N–H and O–H groups in total. The normalized spacial score (nSPS) is 14.8. The summed E-state index contributed by atoms with van der Waals surface area (Å²) in [6, 6.07) is 8.16. The Bertz CT molecular complexity index is 390. The Morgan fingerprint density at radius 1 is 1.47 bits per heavy atom. The van der Waals surface area contributed by atoms with Crippen molar-refractivity contribution in [2.75, 3.05) is 26.7 Å². The molecule has 0 radical (unpaired) electrons. The molecule has 0 atom stereocenters. The molecule has 0 bridgehead atoms. The van der Waals surface area contributed by atoms with Crippen molar-refractivity contribution in [3.05, 3.63) is 29.8 Å². The smallest absolute Gasteiger partial charge is 0.191 e. The van der Waals surface area contributed by atoms with Crippen LogP contribution in [-0.2, 0) is 6.42 Å². The number of hydrogen-bond donors (Lipinski definition) is 2. The van der Waals surface area contributed by atoms with Crippen molar-refractivity contribution in [2.45, 2.75) is 12.8 Å². The third-order valence-electron chi connectivity index (χ3n) is 2.74. The number of methoxy groups -OCH3 is 1. The van der Waals surface area contributed by atoms with Crippen molar-refractivity contribution < 1.29 is 4.74 Å². The Balaban J connectivity index is 1.79. The highest BCUT2D eigenvalue weighted by Gasteiger charge is 2.02. The van der Waals surface area contributed by atoms with E-state index in [-0.39, 0.29) is 0 Å². The van der Waals surface area contributed by atoms with E-state index >= 15 is 0 Å². The Morgan fingerprint density at radius 3 is 3.18 bits per heavy atom. The lowest BCUT2D eigenvalue weighted by molar-refractivity contribution is 0.414. The van der Waals surface area contributed by atoms with Crippen molar-refractivity contribution in [3.63, 3.8) is 0 Å². The van der Waals surface area contributed by atoms with E-state index in [2.05, 4.69) is 27.8 Å². The fourth-order valence-corrected chi connectivity index (χ4v) is 1.80. The van der Waals surface area contributed by atoms with Crippen LogP contribution in [0.5, 0.6) is 5.75 Å². The zero-order valence-electron chi connectivity index (χ0n) is 10.2. The van der Waals surface area contributed by atoms with Gasteiger partial charge in [0.25, 0.3) is 0 Å². The van der Waals surface area contributed by atoms with Crippen LogP contribution >= 0.6 is 0 Å². The maximum Gasteiger partial charge on any atom is 0.191 e. The average Bonchev–Trinajstić information content (AvgIpc) is 2.40. The molecule has 2 rings (SSSR count). The summed E-state index contributed by atoms with van der Waals surface area (Å²) in [5.41, 5.74) is 1.27. The molecule has 0 amide bonds. The third kappa shape index (κ3) is 3.66. The van der Waals surface area contributed by atoms with E-state index in [1.54, 1.807) is 7.11 Å². The zero-order chi connectivity index (χ0) is 11.9. The highest BCUT2D eigenvalue weighted by atomic mass is 16.5. The summed E-state index contributed by atoms with van der Waals surface area (Å²) in [6.07, 6.45) is 2.10. The van der Waals surface area contributed by atoms with Crippen LogP contribution in [-0.4, -0.2) is 32.7 Å². The van der Waals surface area contributed by atoms with Crippen LogP contribution in [0.4, 0.5) is 0 Å². The lowest BCUT2D eigenvalue weighted by atomic mass is 10.1. The second kappa shape index (κ2) is 6.13. The molecule has 1 aromatic rings. The number of nitrogens with one attached hydrogen (secondary N) is 2. The van der Waals surface area contributed by atoms with Crippen molar-refractivity contribution in [3.8, 4) is 5.75 Å². The quantitative estimate of drug-likeness (QED) is 0.821. The fraction of sp³-hybridized carbons (Fsp3) is 0.462. The van der Waals surface area contributed by atoms with Gasteiger partial charge in [-0.3, -0.25) is 4.99 Å². The number of aliphatic imine (C=N–C) groups is 1. The highest BCUT2D eigenvalue weighted by Crippen LogP contribution is 2.12. The van der Waals surface area contributed by atoms with Crippen LogP contribution in [0, 0.1) is 0 Å². The molecule has 92 valence electrons. The number of ether oxygens (including phenoxy) is 1. The monoisotopic (exact) mass is 233 g/mol. The predicted octanol–water partition coefficient (Wildman–Crippen LogP) is 1.18. The van der Waals surface area contributed by atoms with Gasteiger partial charge in [0.15, 0.2) is 5.96 Å². The third-order valence-corrected chi connectivity index (χ3v) is 2.74. The Labute approximate surface area is 102 Å². The number of rotatable bonds is 4. The first-order chi connectivity index (χ1) is 8.38. The van der Waals surface area contributed by atoms with E-state index in [1.807, 2.05) is 12.1 Å². The summed E-state index contributed by atoms with van der Waals surface area (Å²) in [6.45, 7) is 2.83. The molecule has 0 saturated heterocycles. The predicted molar refractivity (Wildman–Crippen MR) is 69.6 cm³/mol. The minimum absolute atomic E-state index is 0.888. The van der Waals surface area contributed by atoms with Gasteiger partial charge in [-0.15, -0.1) is 0 Å². The van der Waals surface area contributed by atoms with Gasteiger partial charge in [0.05, 0.1) is 7.11 Å². The lowest BCUT2D eigenvalue weighted by Crippen LogP contribution is -2.41. The molecule has 0 saturated carbocycles. The molecule has 1 aliphatic rings. The van der Waals surface area contributed by atoms with Crippen LogP contribution in [0.3, 0.4) is 0 Å². The largest absolute Gasteiger partial charge is 0.497 e. The fourth-order valence-electron chi connectivity index (χ4n) is 1.80. The molecule has 1 heterocycles. The molecule has 0 aromatic heterocycles. The molecule has 0 fully saturated rings. The standard InChI is InChI=1S/C13H19N3O/c1-17-12-5-2-4-11(10-12)6-9-16-13-14-7-3-8-15-13/h2,4-5,10H,3,6-9H2,1H3,(H2,14,15,16). The van der Waals surface area contributed by atoms with Crippen LogP contribution in [0.15, 0.2) is 29.3 Å². The van der Waals surface area contributed by atoms with Gasteiger partial charge in [-0.2, -0.15) is 0 Å². The molecule has 17 heavy (non-hydrogen) atoms. The number of guanidine groups is 1. The van der Waals surface area contributed by atoms with Crippen LogP contribution in [0.25, 0.3) is 0 Å². The summed E-state index contributed by atoms with van der Waals surface area (Å²) in [4.78, 5) is 4.36. The molecule has 0 aliphatic carbocycles. The second-order valence-corrected chi connectivity index (χ2v) is 4.04. The summed E-state index contributed by atoms with van der Waals surface area (Å²) in [7, 11) is 1.69. The molecular weight excluding hydrogens is 214 g/mol. The van der Waals surface area contributed by atoms with Gasteiger partial charge in [0, 0.05) is 19.6 Å². The maximum atomic E-state index is 5.19. The zero-order valence-corrected chi connectivity index (χ0v) is 10.2. The SMILES string of the molecule is COc1cccc(CCNC2=NCCCN2)c1. The highest BCUT2D eigenvalue weighted by molar-refractivity contribution is 5.80. The van der Waals surface area contributed by atoms with Crippen LogP contribution in [0.2, 0.25) is 0 Å². The van der Waals surface area contributed by atoms with E-state index in [4.69, 9.17) is 4.74 Å². The first-order valence-electron chi connectivity index (χ1n) is 6.03. The summed E-state index contributed by atoms with van der Waals surface area (Å²) >= 11 is 0. The Morgan fingerprint density at radius 2 is 2.41 bits per heavy atom. The van der Waals surface area contributed by atoms with Crippen molar-refractivity contribution in [1.82, 2.24) is 10.6 Å². The molecule has 4 heteroatoms. The van der Waals surface area contributed by atoms with Gasteiger partial charge < -0.3 is 15.4 Å². The van der Waals surface area contributed by atoms with Gasteiger partial charge in [0.2, 0.25) is 0 Å². The van der Waals surface area contributed by atoms with Gasteiger partial charge in [0.1, 0.15) is 5.75 Å². The topological polar surface area (TPSA) is 45.6 Å². The average molecular weight is 233 g/mol. The minimum Gasteiger partial charge on any atom is -0.497 e. The van der Waals surface area contributed by atoms with Gasteiger partial charge in [-0.05, 0) is 30.5 Å². The summed E-state index contributed by atoms with van der Waals surface area (Å²) in [5, 5.41) is 6.55. The lowest BCUT2D eigenvalue weighted by Gasteiger charge is -2.15. The van der Waals surface area contributed by atoms with Gasteiger partial charge in [-0.1, -0.05) is 12.1 Å². The molecule has 4 nitrogen and oxygen atoms in total. The first-order valence-corrected chi connectivity index (χ1v) is 6.03. The summed E-state index contributed by atoms with van der Waals surface area (Å²) in [5.74, 6) is 1.84. The Hall–Kier alpha value is -1.71. The molecular formula is C13H19N3O. The van der Waals surface area contributed by atoms with Crippen molar-refractivity contribution in [1.29, 1.82) is 0 Å². The van der Waals surface area contributed by atoms with Crippen LogP contribution in [0.1, 0.15) is 12.0 Å². The number of benzene rings is 1. The van der Waals surface area contributed by atoms with Crippen molar-refractivity contribution >= 4 is 5.96 Å². The van der Waals surface area contributed by atoms with E-state index in [0.29, 0.717) is 0 Å². The molecule has 1 aromatic carbocycles. The molecule has 0 unspecified atom stereocenters. The van der Waals surface area contributed by atoms with E-state index < -0.39 is 0 Å². The first kappa shape index (κ1) is 11.8. The second-order valence-electron chi connectivity index (χ2n) is 4.04. The maximum absolute atomic E-state index is 5.19. The minimum atomic E-state index is 0.888. The van der Waals surface area contributed by atoms with E-state index in [9.17, 15) is 0 Å². The number of hydrogen-bond acceptors (Lipinski definition) is 4. The van der Waals surface area contributed by atoms with Gasteiger partial charge in [-0.25, -0.2) is 0 Å².